The van der Waals surface area contributed by atoms with Crippen molar-refractivity contribution >= 4 is 29.1 Å². The Morgan fingerprint density at radius 1 is 1.53 bits per heavy atom. The Labute approximate surface area is 119 Å². The van der Waals surface area contributed by atoms with Gasteiger partial charge in [0.2, 0.25) is 0 Å². The largest absolute Gasteiger partial charge is 0.478 e. The van der Waals surface area contributed by atoms with Crippen LogP contribution in [0.15, 0.2) is 22.1 Å². The summed E-state index contributed by atoms with van der Waals surface area (Å²) in [4.78, 5) is 15.2. The number of hydrogen-bond acceptors (Lipinski definition) is 5. The van der Waals surface area contributed by atoms with E-state index in [9.17, 15) is 4.79 Å². The van der Waals surface area contributed by atoms with Gasteiger partial charge in [-0.25, -0.2) is 9.78 Å². The van der Waals surface area contributed by atoms with E-state index in [2.05, 4.69) is 25.8 Å². The van der Waals surface area contributed by atoms with Gasteiger partial charge in [0.25, 0.3) is 0 Å². The minimum atomic E-state index is -0.992. The van der Waals surface area contributed by atoms with Crippen LogP contribution in [0, 0.1) is 0 Å². The van der Waals surface area contributed by atoms with Gasteiger partial charge in [-0.1, -0.05) is 20.8 Å². The molecule has 0 unspecified atom stereocenters. The molecule has 2 aromatic heterocycles. The molecule has 0 aliphatic carbocycles. The fourth-order valence-electron chi connectivity index (χ4n) is 1.35. The highest BCUT2D eigenvalue weighted by atomic mass is 32.2. The summed E-state index contributed by atoms with van der Waals surface area (Å²) >= 11 is 3.39. The van der Waals surface area contributed by atoms with Gasteiger partial charge < -0.3 is 9.52 Å². The van der Waals surface area contributed by atoms with E-state index in [4.69, 9.17) is 9.52 Å². The Morgan fingerprint density at radius 3 is 2.84 bits per heavy atom. The molecule has 2 heterocycles. The van der Waals surface area contributed by atoms with E-state index in [0.717, 1.165) is 10.8 Å². The third-order valence-electron chi connectivity index (χ3n) is 2.28. The Morgan fingerprint density at radius 2 is 2.26 bits per heavy atom. The van der Waals surface area contributed by atoms with E-state index >= 15 is 0 Å². The van der Waals surface area contributed by atoms with E-state index in [1.807, 2.05) is 17.1 Å². The molecule has 102 valence electrons. The molecular weight excluding hydrogens is 282 g/mol. The van der Waals surface area contributed by atoms with Crippen molar-refractivity contribution in [1.82, 2.24) is 4.98 Å². The van der Waals surface area contributed by atoms with E-state index in [0.29, 0.717) is 11.5 Å². The number of thiazole rings is 1. The molecule has 0 saturated carbocycles. The summed E-state index contributed by atoms with van der Waals surface area (Å²) < 4.78 is 5.43. The normalized spacial score (nSPS) is 11.7. The molecule has 0 fully saturated rings. The Bertz CT molecular complexity index is 581. The minimum Gasteiger partial charge on any atom is -0.478 e. The number of rotatable bonds is 4. The van der Waals surface area contributed by atoms with Gasteiger partial charge in [0.1, 0.15) is 17.0 Å². The first-order chi connectivity index (χ1) is 8.85. The summed E-state index contributed by atoms with van der Waals surface area (Å²) in [7, 11) is 0. The topological polar surface area (TPSA) is 63.3 Å². The summed E-state index contributed by atoms with van der Waals surface area (Å²) in [6, 6.07) is 1.50. The fourth-order valence-corrected chi connectivity index (χ4v) is 2.99. The lowest BCUT2D eigenvalue weighted by atomic mass is 10.3. The van der Waals surface area contributed by atoms with Crippen LogP contribution < -0.4 is 0 Å². The molecule has 0 atom stereocenters. The zero-order valence-corrected chi connectivity index (χ0v) is 12.6. The second kappa shape index (κ2) is 5.38. The van der Waals surface area contributed by atoms with Crippen LogP contribution in [0.3, 0.4) is 0 Å². The third kappa shape index (κ3) is 3.84. The quantitative estimate of drug-likeness (QED) is 0.919. The average Bonchev–Trinajstić information content (AvgIpc) is 2.94. The molecule has 2 aromatic rings. The van der Waals surface area contributed by atoms with Crippen molar-refractivity contribution in [3.8, 4) is 11.5 Å². The molecule has 0 radical (unpaired) electrons. The monoisotopic (exact) mass is 297 g/mol. The highest BCUT2D eigenvalue weighted by molar-refractivity contribution is 7.99. The van der Waals surface area contributed by atoms with E-state index < -0.39 is 5.97 Å². The first-order valence-corrected chi connectivity index (χ1v) is 7.62. The maximum atomic E-state index is 10.8. The summed E-state index contributed by atoms with van der Waals surface area (Å²) in [5.74, 6) is 0.357. The number of aromatic nitrogens is 1. The Kier molecular flexibility index (Phi) is 4.01. The van der Waals surface area contributed by atoms with Crippen molar-refractivity contribution in [2.24, 2.45) is 0 Å². The number of thioether (sulfide) groups is 1. The third-order valence-corrected chi connectivity index (χ3v) is 4.59. The summed E-state index contributed by atoms with van der Waals surface area (Å²) in [6.45, 7) is 6.49. The molecule has 0 aromatic carbocycles. The van der Waals surface area contributed by atoms with Crippen molar-refractivity contribution in [2.45, 2.75) is 31.3 Å². The fraction of sp³-hybridized carbons (Fsp3) is 0.385. The zero-order chi connectivity index (χ0) is 14.0. The second-order valence-corrected chi connectivity index (χ2v) is 7.78. The van der Waals surface area contributed by atoms with Crippen molar-refractivity contribution in [1.29, 1.82) is 0 Å². The maximum Gasteiger partial charge on any atom is 0.338 e. The van der Waals surface area contributed by atoms with Gasteiger partial charge in [-0.15, -0.1) is 23.1 Å². The Balaban J connectivity index is 2.09. The number of carboxylic acids is 1. The maximum absolute atomic E-state index is 10.8. The van der Waals surface area contributed by atoms with Crippen LogP contribution in [0.5, 0.6) is 0 Å². The van der Waals surface area contributed by atoms with E-state index in [-0.39, 0.29) is 10.3 Å². The van der Waals surface area contributed by atoms with Gasteiger partial charge in [-0.05, 0) is 0 Å². The van der Waals surface area contributed by atoms with Crippen molar-refractivity contribution in [3.05, 3.63) is 28.3 Å². The standard InChI is InChI=1S/C13H15NO3S2/c1-13(2,3)19-7-11-14-9(6-18-11)10-4-8(5-17-10)12(15)16/h4-6H,7H2,1-3H3,(H,15,16). The molecule has 19 heavy (non-hydrogen) atoms. The van der Waals surface area contributed by atoms with Crippen LogP contribution in [0.1, 0.15) is 36.1 Å². The molecule has 0 aliphatic rings. The second-order valence-electron chi connectivity index (χ2n) is 5.03. The van der Waals surface area contributed by atoms with Crippen molar-refractivity contribution in [2.75, 3.05) is 0 Å². The summed E-state index contributed by atoms with van der Waals surface area (Å²) in [5.41, 5.74) is 0.843. The molecule has 0 aliphatic heterocycles. The lowest BCUT2D eigenvalue weighted by Gasteiger charge is -2.15. The molecule has 0 spiro atoms. The van der Waals surface area contributed by atoms with Crippen molar-refractivity contribution in [3.63, 3.8) is 0 Å². The number of carboxylic acid groups (broad SMARTS) is 1. The molecular formula is C13H15NO3S2. The van der Waals surface area contributed by atoms with Gasteiger partial charge in [0.05, 0.1) is 5.56 Å². The molecule has 0 saturated heterocycles. The zero-order valence-electron chi connectivity index (χ0n) is 11.0. The van der Waals surface area contributed by atoms with Gasteiger partial charge in [-0.2, -0.15) is 0 Å². The average molecular weight is 297 g/mol. The molecule has 4 nitrogen and oxygen atoms in total. The van der Waals surface area contributed by atoms with Crippen LogP contribution in [0.4, 0.5) is 0 Å². The first kappa shape index (κ1) is 14.1. The lowest BCUT2D eigenvalue weighted by molar-refractivity contribution is 0.0696. The molecule has 0 amide bonds. The van der Waals surface area contributed by atoms with Gasteiger partial charge >= 0.3 is 5.97 Å². The van der Waals surface area contributed by atoms with Crippen molar-refractivity contribution < 1.29 is 14.3 Å². The first-order valence-electron chi connectivity index (χ1n) is 5.76. The highest BCUT2D eigenvalue weighted by Crippen LogP contribution is 2.30. The highest BCUT2D eigenvalue weighted by Gasteiger charge is 2.15. The molecule has 2 rings (SSSR count). The molecule has 1 N–H and O–H groups in total. The number of furan rings is 1. The number of carbonyl (C=O) groups is 1. The van der Waals surface area contributed by atoms with Crippen LogP contribution in [-0.4, -0.2) is 20.8 Å². The summed E-state index contributed by atoms with van der Waals surface area (Å²) in [5, 5.41) is 11.8. The van der Waals surface area contributed by atoms with Gasteiger partial charge in [-0.3, -0.25) is 0 Å². The number of hydrogen-bond donors (Lipinski definition) is 1. The number of nitrogens with zero attached hydrogens (tertiary/aromatic N) is 1. The van der Waals surface area contributed by atoms with Gasteiger partial charge in [0.15, 0.2) is 5.76 Å². The van der Waals surface area contributed by atoms with Gasteiger partial charge in [0, 0.05) is 21.9 Å². The number of aromatic carboxylic acids is 1. The summed E-state index contributed by atoms with van der Waals surface area (Å²) in [6.07, 6.45) is 1.24. The Hall–Kier alpha value is -1.27. The SMILES string of the molecule is CC(C)(C)SCc1nc(-c2cc(C(=O)O)co2)cs1. The molecule has 6 heteroatoms. The smallest absolute Gasteiger partial charge is 0.338 e. The van der Waals surface area contributed by atoms with Crippen LogP contribution in [0.25, 0.3) is 11.5 Å². The predicted octanol–water partition coefficient (Wildman–Crippen LogP) is 4.13. The van der Waals surface area contributed by atoms with Crippen LogP contribution >= 0.6 is 23.1 Å². The predicted molar refractivity (Wildman–Crippen MR) is 77.8 cm³/mol. The van der Waals surface area contributed by atoms with E-state index in [1.165, 1.54) is 12.3 Å². The van der Waals surface area contributed by atoms with Crippen LogP contribution in [0.2, 0.25) is 0 Å². The van der Waals surface area contributed by atoms with E-state index in [1.54, 1.807) is 11.3 Å². The molecule has 0 bridgehead atoms. The van der Waals surface area contributed by atoms with Crippen LogP contribution in [-0.2, 0) is 5.75 Å². The minimum absolute atomic E-state index is 0.147. The lowest BCUT2D eigenvalue weighted by Crippen LogP contribution is -2.07.